The zero-order valence-corrected chi connectivity index (χ0v) is 18.4. The Labute approximate surface area is 177 Å². The van der Waals surface area contributed by atoms with Crippen molar-refractivity contribution in [3.8, 4) is 11.5 Å². The maximum Gasteiger partial charge on any atom is 0.253 e. The first-order valence-corrected chi connectivity index (χ1v) is 10.8. The first-order valence-electron chi connectivity index (χ1n) is 8.57. The second-order valence-corrected chi connectivity index (χ2v) is 7.68. The van der Waals surface area contributed by atoms with Crippen LogP contribution in [0.5, 0.6) is 11.5 Å². The molecule has 0 unspecified atom stereocenters. The molecule has 150 valence electrons. The van der Waals surface area contributed by atoms with Crippen LogP contribution in [-0.4, -0.2) is 44.1 Å². The van der Waals surface area contributed by atoms with Gasteiger partial charge in [-0.05, 0) is 58.6 Å². The number of anilines is 1. The molecule has 2 N–H and O–H groups in total. The van der Waals surface area contributed by atoms with Gasteiger partial charge in [0.05, 0.1) is 25.5 Å². The number of hydrogen-bond donors (Lipinski definition) is 2. The first kappa shape index (κ1) is 22.1. The van der Waals surface area contributed by atoms with Crippen molar-refractivity contribution in [3.05, 3.63) is 52.5 Å². The molecule has 28 heavy (non-hydrogen) atoms. The van der Waals surface area contributed by atoms with E-state index in [1.54, 1.807) is 55.3 Å². The van der Waals surface area contributed by atoms with Crippen LogP contribution >= 0.6 is 27.7 Å². The first-order chi connectivity index (χ1) is 13.5. The predicted octanol–water partition coefficient (Wildman–Crippen LogP) is 3.96. The SMILES string of the molecule is COc1ccc(NC(=O)[C@H](CCSC)NC(=O)c2ccccc2Br)c(OC)c1. The molecule has 0 fully saturated rings. The second-order valence-electron chi connectivity index (χ2n) is 5.84. The number of rotatable bonds is 9. The van der Waals surface area contributed by atoms with Crippen LogP contribution < -0.4 is 20.1 Å². The van der Waals surface area contributed by atoms with Crippen molar-refractivity contribution in [2.45, 2.75) is 12.5 Å². The minimum absolute atomic E-state index is 0.307. The normalized spacial score (nSPS) is 11.4. The van der Waals surface area contributed by atoms with Gasteiger partial charge in [0.25, 0.3) is 5.91 Å². The van der Waals surface area contributed by atoms with Crippen LogP contribution in [0, 0.1) is 0 Å². The lowest BCUT2D eigenvalue weighted by atomic mass is 10.1. The Balaban J connectivity index is 2.17. The zero-order valence-electron chi connectivity index (χ0n) is 16.0. The van der Waals surface area contributed by atoms with Gasteiger partial charge in [0.2, 0.25) is 5.91 Å². The molecule has 2 rings (SSSR count). The van der Waals surface area contributed by atoms with Crippen molar-refractivity contribution in [1.82, 2.24) is 5.32 Å². The number of benzene rings is 2. The van der Waals surface area contributed by atoms with Crippen molar-refractivity contribution >= 4 is 45.2 Å². The van der Waals surface area contributed by atoms with Gasteiger partial charge in [-0.2, -0.15) is 11.8 Å². The van der Waals surface area contributed by atoms with Gasteiger partial charge in [0.15, 0.2) is 0 Å². The monoisotopic (exact) mass is 466 g/mol. The summed E-state index contributed by atoms with van der Waals surface area (Å²) in [5.41, 5.74) is 0.990. The molecule has 0 bridgehead atoms. The Morgan fingerprint density at radius 1 is 1.14 bits per heavy atom. The summed E-state index contributed by atoms with van der Waals surface area (Å²) >= 11 is 4.98. The smallest absolute Gasteiger partial charge is 0.253 e. The third kappa shape index (κ3) is 5.90. The molecule has 2 aromatic rings. The van der Waals surface area contributed by atoms with Gasteiger partial charge in [-0.1, -0.05) is 12.1 Å². The van der Waals surface area contributed by atoms with Crippen LogP contribution in [0.25, 0.3) is 0 Å². The van der Waals surface area contributed by atoms with E-state index in [0.717, 1.165) is 5.75 Å². The molecule has 1 atom stereocenters. The van der Waals surface area contributed by atoms with E-state index in [0.29, 0.717) is 33.6 Å². The van der Waals surface area contributed by atoms with Crippen LogP contribution in [0.1, 0.15) is 16.8 Å². The molecule has 6 nitrogen and oxygen atoms in total. The minimum atomic E-state index is -0.682. The van der Waals surface area contributed by atoms with Crippen molar-refractivity contribution in [2.75, 3.05) is 31.5 Å². The zero-order chi connectivity index (χ0) is 20.5. The van der Waals surface area contributed by atoms with Crippen molar-refractivity contribution < 1.29 is 19.1 Å². The summed E-state index contributed by atoms with van der Waals surface area (Å²) in [6.45, 7) is 0. The van der Waals surface area contributed by atoms with Gasteiger partial charge in [0, 0.05) is 10.5 Å². The van der Waals surface area contributed by atoms with E-state index in [1.165, 1.54) is 7.11 Å². The Bertz CT molecular complexity index is 832. The van der Waals surface area contributed by atoms with Crippen LogP contribution in [0.4, 0.5) is 5.69 Å². The van der Waals surface area contributed by atoms with Gasteiger partial charge in [-0.25, -0.2) is 0 Å². The molecule has 2 amide bonds. The molecule has 0 aliphatic heterocycles. The van der Waals surface area contributed by atoms with Crippen molar-refractivity contribution in [3.63, 3.8) is 0 Å². The van der Waals surface area contributed by atoms with Gasteiger partial charge < -0.3 is 20.1 Å². The molecule has 2 aromatic carbocycles. The van der Waals surface area contributed by atoms with E-state index in [1.807, 2.05) is 12.3 Å². The number of methoxy groups -OCH3 is 2. The summed E-state index contributed by atoms with van der Waals surface area (Å²) < 4.78 is 11.2. The fourth-order valence-corrected chi connectivity index (χ4v) is 3.44. The molecule has 0 heterocycles. The fourth-order valence-electron chi connectivity index (χ4n) is 2.51. The van der Waals surface area contributed by atoms with Crippen LogP contribution in [-0.2, 0) is 4.79 Å². The lowest BCUT2D eigenvalue weighted by Gasteiger charge is -2.19. The highest BCUT2D eigenvalue weighted by Gasteiger charge is 2.23. The molecule has 0 aliphatic rings. The number of ether oxygens (including phenoxy) is 2. The van der Waals surface area contributed by atoms with Crippen molar-refractivity contribution in [2.24, 2.45) is 0 Å². The van der Waals surface area contributed by atoms with E-state index in [-0.39, 0.29) is 11.8 Å². The maximum absolute atomic E-state index is 12.9. The van der Waals surface area contributed by atoms with Gasteiger partial charge in [0.1, 0.15) is 17.5 Å². The van der Waals surface area contributed by atoms with E-state index in [9.17, 15) is 9.59 Å². The average Bonchev–Trinajstić information content (AvgIpc) is 2.71. The topological polar surface area (TPSA) is 76.7 Å². The molecule has 0 aromatic heterocycles. The van der Waals surface area contributed by atoms with E-state index >= 15 is 0 Å². The number of halogens is 1. The lowest BCUT2D eigenvalue weighted by molar-refractivity contribution is -0.118. The number of amides is 2. The van der Waals surface area contributed by atoms with Crippen LogP contribution in [0.15, 0.2) is 46.9 Å². The summed E-state index contributed by atoms with van der Waals surface area (Å²) in [5.74, 6) is 1.21. The molecular weight excluding hydrogens is 444 g/mol. The Kier molecular flexibility index (Phi) is 8.66. The maximum atomic E-state index is 12.9. The number of nitrogens with one attached hydrogen (secondary N) is 2. The molecule has 0 saturated heterocycles. The summed E-state index contributed by atoms with van der Waals surface area (Å²) in [6, 6.07) is 11.5. The number of carbonyl (C=O) groups excluding carboxylic acids is 2. The second kappa shape index (κ2) is 11.0. The van der Waals surface area contributed by atoms with Crippen LogP contribution in [0.2, 0.25) is 0 Å². The molecule has 0 spiro atoms. The minimum Gasteiger partial charge on any atom is -0.497 e. The van der Waals surface area contributed by atoms with Gasteiger partial charge in [-0.15, -0.1) is 0 Å². The van der Waals surface area contributed by atoms with Gasteiger partial charge >= 0.3 is 0 Å². The predicted molar refractivity (Wildman–Crippen MR) is 117 cm³/mol. The third-order valence-electron chi connectivity index (χ3n) is 4.02. The molecule has 8 heteroatoms. The third-order valence-corrected chi connectivity index (χ3v) is 5.35. The highest BCUT2D eigenvalue weighted by Crippen LogP contribution is 2.29. The van der Waals surface area contributed by atoms with Crippen LogP contribution in [0.3, 0.4) is 0 Å². The highest BCUT2D eigenvalue weighted by molar-refractivity contribution is 9.10. The molecular formula is C20H23BrN2O4S. The number of hydrogen-bond acceptors (Lipinski definition) is 5. The summed E-state index contributed by atoms with van der Waals surface area (Å²) in [4.78, 5) is 25.5. The average molecular weight is 467 g/mol. The highest BCUT2D eigenvalue weighted by atomic mass is 79.9. The van der Waals surface area contributed by atoms with E-state index in [4.69, 9.17) is 9.47 Å². The fraction of sp³-hybridized carbons (Fsp3) is 0.300. The lowest BCUT2D eigenvalue weighted by Crippen LogP contribution is -2.44. The largest absolute Gasteiger partial charge is 0.497 e. The molecule has 0 saturated carbocycles. The molecule has 0 radical (unpaired) electrons. The Morgan fingerprint density at radius 2 is 1.89 bits per heavy atom. The number of carbonyl (C=O) groups is 2. The standard InChI is InChI=1S/C20H23BrN2O4S/c1-26-13-8-9-16(18(12-13)27-2)22-20(25)17(10-11-28-3)23-19(24)14-6-4-5-7-15(14)21/h4-9,12,17H,10-11H2,1-3H3,(H,22,25)(H,23,24)/t17-/m0/s1. The van der Waals surface area contributed by atoms with Gasteiger partial charge in [-0.3, -0.25) is 9.59 Å². The van der Waals surface area contributed by atoms with Crippen molar-refractivity contribution in [1.29, 1.82) is 0 Å². The quantitative estimate of drug-likeness (QED) is 0.584. The summed E-state index contributed by atoms with van der Waals surface area (Å²) in [5, 5.41) is 5.67. The summed E-state index contributed by atoms with van der Waals surface area (Å²) in [6.07, 6.45) is 2.46. The van der Waals surface area contributed by atoms with E-state index < -0.39 is 6.04 Å². The summed E-state index contributed by atoms with van der Waals surface area (Å²) in [7, 11) is 3.08. The Morgan fingerprint density at radius 3 is 2.54 bits per heavy atom. The number of thioether (sulfide) groups is 1. The molecule has 0 aliphatic carbocycles. The van der Waals surface area contributed by atoms with E-state index in [2.05, 4.69) is 26.6 Å². The Hall–Kier alpha value is -2.19.